The predicted molar refractivity (Wildman–Crippen MR) is 74.6 cm³/mol. The van der Waals surface area contributed by atoms with Crippen molar-refractivity contribution in [2.24, 2.45) is 0 Å². The Morgan fingerprint density at radius 2 is 1.94 bits per heavy atom. The molecule has 2 N–H and O–H groups in total. The molecule has 96 valence electrons. The molecule has 2 rings (SSSR count). The van der Waals surface area contributed by atoms with Gasteiger partial charge in [0.05, 0.1) is 6.04 Å². The molecule has 0 spiro atoms. The van der Waals surface area contributed by atoms with Crippen LogP contribution in [0.4, 0.5) is 0 Å². The number of imidazole rings is 1. The summed E-state index contributed by atoms with van der Waals surface area (Å²) in [6, 6.07) is 9.10. The van der Waals surface area contributed by atoms with E-state index in [0.29, 0.717) is 5.92 Å². The maximum absolute atomic E-state index is 4.31. The van der Waals surface area contributed by atoms with Gasteiger partial charge in [0.15, 0.2) is 0 Å². The number of H-pyrrole nitrogens is 1. The Morgan fingerprint density at radius 3 is 2.44 bits per heavy atom. The number of benzene rings is 1. The molecule has 0 aliphatic rings. The molecule has 1 unspecified atom stereocenters. The number of hydrogen-bond acceptors (Lipinski definition) is 2. The summed E-state index contributed by atoms with van der Waals surface area (Å²) < 4.78 is 0. The van der Waals surface area contributed by atoms with Crippen molar-refractivity contribution in [2.75, 3.05) is 7.05 Å². The molecule has 3 nitrogen and oxygen atoms in total. The average molecular weight is 243 g/mol. The zero-order valence-corrected chi connectivity index (χ0v) is 11.3. The van der Waals surface area contributed by atoms with Crippen LogP contribution in [0.25, 0.3) is 0 Å². The van der Waals surface area contributed by atoms with Crippen LogP contribution in [0.2, 0.25) is 0 Å². The predicted octanol–water partition coefficient (Wildman–Crippen LogP) is 3.04. The van der Waals surface area contributed by atoms with Crippen LogP contribution in [-0.4, -0.2) is 17.0 Å². The summed E-state index contributed by atoms with van der Waals surface area (Å²) in [5, 5.41) is 3.30. The Bertz CT molecular complexity index is 457. The molecule has 0 aliphatic heterocycles. The Kier molecular flexibility index (Phi) is 4.15. The number of nitrogens with zero attached hydrogens (tertiary/aromatic N) is 1. The number of hydrogen-bond donors (Lipinski definition) is 2. The van der Waals surface area contributed by atoms with Crippen LogP contribution in [0.1, 0.15) is 42.8 Å². The monoisotopic (exact) mass is 243 g/mol. The first kappa shape index (κ1) is 12.8. The van der Waals surface area contributed by atoms with Crippen LogP contribution < -0.4 is 5.32 Å². The van der Waals surface area contributed by atoms with Gasteiger partial charge in [0, 0.05) is 12.4 Å². The Balaban J connectivity index is 2.08. The lowest BCUT2D eigenvalue weighted by Crippen LogP contribution is -2.20. The second-order valence-electron chi connectivity index (χ2n) is 4.92. The van der Waals surface area contributed by atoms with Gasteiger partial charge < -0.3 is 10.3 Å². The third kappa shape index (κ3) is 2.99. The van der Waals surface area contributed by atoms with Crippen molar-refractivity contribution in [1.82, 2.24) is 15.3 Å². The zero-order valence-electron chi connectivity index (χ0n) is 11.3. The topological polar surface area (TPSA) is 40.7 Å². The van der Waals surface area contributed by atoms with Gasteiger partial charge in [0.2, 0.25) is 0 Å². The van der Waals surface area contributed by atoms with Crippen molar-refractivity contribution in [3.05, 3.63) is 53.6 Å². The van der Waals surface area contributed by atoms with E-state index in [9.17, 15) is 0 Å². The van der Waals surface area contributed by atoms with E-state index in [2.05, 4.69) is 53.4 Å². The minimum Gasteiger partial charge on any atom is -0.347 e. The summed E-state index contributed by atoms with van der Waals surface area (Å²) in [5.74, 6) is 1.58. The van der Waals surface area contributed by atoms with Crippen molar-refractivity contribution in [3.63, 3.8) is 0 Å². The van der Waals surface area contributed by atoms with E-state index in [-0.39, 0.29) is 6.04 Å². The maximum atomic E-state index is 4.31. The van der Waals surface area contributed by atoms with Gasteiger partial charge in [-0.05, 0) is 30.5 Å². The lowest BCUT2D eigenvalue weighted by Gasteiger charge is -2.14. The quantitative estimate of drug-likeness (QED) is 0.847. The van der Waals surface area contributed by atoms with Gasteiger partial charge in [-0.25, -0.2) is 4.98 Å². The van der Waals surface area contributed by atoms with E-state index in [4.69, 9.17) is 0 Å². The fraction of sp³-hybridized carbons (Fsp3) is 0.400. The van der Waals surface area contributed by atoms with E-state index in [1.54, 1.807) is 6.20 Å². The Hall–Kier alpha value is -1.61. The summed E-state index contributed by atoms with van der Waals surface area (Å²) in [6.07, 6.45) is 4.60. The van der Waals surface area contributed by atoms with Gasteiger partial charge >= 0.3 is 0 Å². The molecule has 1 aromatic heterocycles. The van der Waals surface area contributed by atoms with Gasteiger partial charge in [-0.3, -0.25) is 0 Å². The minimum atomic E-state index is 0.241. The molecule has 0 fully saturated rings. The lowest BCUT2D eigenvalue weighted by atomic mass is 9.99. The van der Waals surface area contributed by atoms with Crippen LogP contribution in [0.3, 0.4) is 0 Å². The molecule has 18 heavy (non-hydrogen) atoms. The maximum Gasteiger partial charge on any atom is 0.123 e. The van der Waals surface area contributed by atoms with Crippen molar-refractivity contribution < 1.29 is 0 Å². The van der Waals surface area contributed by atoms with E-state index in [0.717, 1.165) is 12.2 Å². The number of rotatable bonds is 5. The first-order valence-corrected chi connectivity index (χ1v) is 6.46. The van der Waals surface area contributed by atoms with Crippen LogP contribution in [0.5, 0.6) is 0 Å². The summed E-state index contributed by atoms with van der Waals surface area (Å²) >= 11 is 0. The summed E-state index contributed by atoms with van der Waals surface area (Å²) in [5.41, 5.74) is 2.72. The Morgan fingerprint density at radius 1 is 1.22 bits per heavy atom. The standard InChI is InChI=1S/C15H21N3/c1-11(2)13-6-4-12(5-7-13)10-14(16-3)15-17-8-9-18-15/h4-9,11,14,16H,10H2,1-3H3,(H,17,18). The van der Waals surface area contributed by atoms with Gasteiger partial charge in [-0.15, -0.1) is 0 Å². The molecule has 1 aromatic carbocycles. The van der Waals surface area contributed by atoms with Crippen LogP contribution in [0, 0.1) is 0 Å². The van der Waals surface area contributed by atoms with Crippen molar-refractivity contribution >= 4 is 0 Å². The van der Waals surface area contributed by atoms with Crippen LogP contribution >= 0.6 is 0 Å². The first-order valence-electron chi connectivity index (χ1n) is 6.46. The highest BCUT2D eigenvalue weighted by molar-refractivity contribution is 5.25. The summed E-state index contributed by atoms with van der Waals surface area (Å²) in [6.45, 7) is 4.43. The zero-order chi connectivity index (χ0) is 13.0. The highest BCUT2D eigenvalue weighted by Gasteiger charge is 2.12. The lowest BCUT2D eigenvalue weighted by molar-refractivity contribution is 0.563. The smallest absolute Gasteiger partial charge is 0.123 e. The van der Waals surface area contributed by atoms with Gasteiger partial charge in [0.1, 0.15) is 5.82 Å². The SMILES string of the molecule is CNC(Cc1ccc(C(C)C)cc1)c1ncc[nH]1. The highest BCUT2D eigenvalue weighted by Crippen LogP contribution is 2.18. The molecule has 2 aromatic rings. The molecular formula is C15H21N3. The number of likely N-dealkylation sites (N-methyl/N-ethyl adjacent to an activating group) is 1. The average Bonchev–Trinajstić information content (AvgIpc) is 2.90. The van der Waals surface area contributed by atoms with E-state index >= 15 is 0 Å². The second kappa shape index (κ2) is 5.83. The Labute approximate surface area is 109 Å². The molecular weight excluding hydrogens is 222 g/mol. The van der Waals surface area contributed by atoms with Crippen molar-refractivity contribution in [2.45, 2.75) is 32.2 Å². The van der Waals surface area contributed by atoms with E-state index in [1.165, 1.54) is 11.1 Å². The molecule has 0 radical (unpaired) electrons. The highest BCUT2D eigenvalue weighted by atomic mass is 15.0. The van der Waals surface area contributed by atoms with E-state index in [1.807, 2.05) is 13.2 Å². The largest absolute Gasteiger partial charge is 0.347 e. The molecule has 0 saturated carbocycles. The van der Waals surface area contributed by atoms with Crippen LogP contribution in [-0.2, 0) is 6.42 Å². The van der Waals surface area contributed by atoms with E-state index < -0.39 is 0 Å². The second-order valence-corrected chi connectivity index (χ2v) is 4.92. The molecule has 3 heteroatoms. The fourth-order valence-corrected chi connectivity index (χ4v) is 2.08. The fourth-order valence-electron chi connectivity index (χ4n) is 2.08. The molecule has 0 amide bonds. The molecule has 1 atom stereocenters. The summed E-state index contributed by atoms with van der Waals surface area (Å²) in [4.78, 5) is 7.48. The van der Waals surface area contributed by atoms with Gasteiger partial charge in [-0.1, -0.05) is 38.1 Å². The minimum absolute atomic E-state index is 0.241. The van der Waals surface area contributed by atoms with Crippen LogP contribution in [0.15, 0.2) is 36.7 Å². The third-order valence-electron chi connectivity index (χ3n) is 3.28. The van der Waals surface area contributed by atoms with Crippen molar-refractivity contribution in [3.8, 4) is 0 Å². The van der Waals surface area contributed by atoms with Gasteiger partial charge in [0.25, 0.3) is 0 Å². The molecule has 1 heterocycles. The normalized spacial score (nSPS) is 12.9. The number of aromatic amines is 1. The molecule has 0 aliphatic carbocycles. The van der Waals surface area contributed by atoms with Crippen molar-refractivity contribution in [1.29, 1.82) is 0 Å². The third-order valence-corrected chi connectivity index (χ3v) is 3.28. The molecule has 0 bridgehead atoms. The summed E-state index contributed by atoms with van der Waals surface area (Å²) in [7, 11) is 1.97. The molecule has 0 saturated heterocycles. The number of aromatic nitrogens is 2. The number of nitrogens with one attached hydrogen (secondary N) is 2. The first-order chi connectivity index (χ1) is 8.70. The van der Waals surface area contributed by atoms with Gasteiger partial charge in [-0.2, -0.15) is 0 Å².